The standard InChI is InChI=1S/C26H28N6O3/c1-3-19-10-12-20(13-11-19)25(26(34)28-15-16-35-2)32(21-7-6-14-27-17-21)24(33)18-31-23-9-5-4-8-22(23)29-30-31/h4-14,17,25H,3,15-16,18H2,1-2H3,(H,28,34)/t25-/m1/s1. The Morgan fingerprint density at radius 3 is 2.60 bits per heavy atom. The number of anilines is 1. The number of fused-ring (bicyclic) bond motifs is 1. The van der Waals surface area contributed by atoms with Crippen LogP contribution in [0.25, 0.3) is 11.0 Å². The van der Waals surface area contributed by atoms with Gasteiger partial charge in [0.05, 0.1) is 24.0 Å². The van der Waals surface area contributed by atoms with Crippen LogP contribution < -0.4 is 10.2 Å². The molecule has 0 unspecified atom stereocenters. The quantitative estimate of drug-likeness (QED) is 0.356. The molecule has 0 spiro atoms. The lowest BCUT2D eigenvalue weighted by Gasteiger charge is -2.31. The number of hydrogen-bond acceptors (Lipinski definition) is 6. The van der Waals surface area contributed by atoms with Gasteiger partial charge >= 0.3 is 0 Å². The summed E-state index contributed by atoms with van der Waals surface area (Å²) in [6, 6.07) is 17.7. The number of aryl methyl sites for hydroxylation is 1. The van der Waals surface area contributed by atoms with Crippen LogP contribution in [0.4, 0.5) is 5.69 Å². The van der Waals surface area contributed by atoms with Crippen LogP contribution in [0.2, 0.25) is 0 Å². The van der Waals surface area contributed by atoms with Crippen molar-refractivity contribution < 1.29 is 14.3 Å². The molecule has 0 radical (unpaired) electrons. The molecule has 0 aliphatic rings. The fraction of sp³-hybridized carbons (Fsp3) is 0.269. The first-order chi connectivity index (χ1) is 17.1. The van der Waals surface area contributed by atoms with Gasteiger partial charge in [-0.3, -0.25) is 19.5 Å². The van der Waals surface area contributed by atoms with Crippen molar-refractivity contribution in [1.82, 2.24) is 25.3 Å². The van der Waals surface area contributed by atoms with Crippen LogP contribution in [0.3, 0.4) is 0 Å². The fourth-order valence-corrected chi connectivity index (χ4v) is 3.90. The van der Waals surface area contributed by atoms with E-state index in [4.69, 9.17) is 4.74 Å². The number of rotatable bonds is 10. The molecule has 2 amide bonds. The predicted octanol–water partition coefficient (Wildman–Crippen LogP) is 2.93. The zero-order valence-corrected chi connectivity index (χ0v) is 19.8. The van der Waals surface area contributed by atoms with Crippen molar-refractivity contribution in [3.63, 3.8) is 0 Å². The second-order valence-electron chi connectivity index (χ2n) is 7.99. The van der Waals surface area contributed by atoms with Gasteiger partial charge in [-0.05, 0) is 41.8 Å². The Bertz CT molecular complexity index is 1270. The average Bonchev–Trinajstić information content (AvgIpc) is 3.30. The number of benzene rings is 2. The van der Waals surface area contributed by atoms with E-state index in [-0.39, 0.29) is 18.4 Å². The number of carbonyl (C=O) groups excluding carboxylic acids is 2. The number of hydrogen-bond donors (Lipinski definition) is 1. The van der Waals surface area contributed by atoms with Crippen molar-refractivity contribution in [2.75, 3.05) is 25.2 Å². The highest BCUT2D eigenvalue weighted by Gasteiger charge is 2.33. The van der Waals surface area contributed by atoms with Crippen molar-refractivity contribution >= 4 is 28.5 Å². The van der Waals surface area contributed by atoms with E-state index in [2.05, 4.69) is 27.5 Å². The molecule has 2 aromatic carbocycles. The maximum absolute atomic E-state index is 13.8. The molecule has 2 aromatic heterocycles. The van der Waals surface area contributed by atoms with Crippen molar-refractivity contribution in [2.24, 2.45) is 0 Å². The highest BCUT2D eigenvalue weighted by Crippen LogP contribution is 2.28. The molecule has 0 saturated carbocycles. The molecule has 9 nitrogen and oxygen atoms in total. The molecule has 1 atom stereocenters. The highest BCUT2D eigenvalue weighted by atomic mass is 16.5. The first-order valence-corrected chi connectivity index (χ1v) is 11.5. The topological polar surface area (TPSA) is 102 Å². The van der Waals surface area contributed by atoms with Crippen LogP contribution >= 0.6 is 0 Å². The lowest BCUT2D eigenvalue weighted by atomic mass is 10.0. The molecule has 1 N–H and O–H groups in total. The zero-order valence-electron chi connectivity index (χ0n) is 19.8. The van der Waals surface area contributed by atoms with Gasteiger partial charge in [-0.2, -0.15) is 0 Å². The fourth-order valence-electron chi connectivity index (χ4n) is 3.90. The zero-order chi connectivity index (χ0) is 24.6. The molecule has 4 rings (SSSR count). The highest BCUT2D eigenvalue weighted by molar-refractivity contribution is 6.01. The van der Waals surface area contributed by atoms with Gasteiger partial charge in [-0.15, -0.1) is 5.10 Å². The first-order valence-electron chi connectivity index (χ1n) is 11.5. The third-order valence-electron chi connectivity index (χ3n) is 5.71. The maximum Gasteiger partial charge on any atom is 0.249 e. The second kappa shape index (κ2) is 11.3. The van der Waals surface area contributed by atoms with Gasteiger partial charge in [-0.25, -0.2) is 4.68 Å². The Morgan fingerprint density at radius 2 is 1.89 bits per heavy atom. The van der Waals surface area contributed by atoms with E-state index in [0.29, 0.717) is 29.9 Å². The number of carbonyl (C=O) groups is 2. The lowest BCUT2D eigenvalue weighted by molar-refractivity contribution is -0.127. The summed E-state index contributed by atoms with van der Waals surface area (Å²) >= 11 is 0. The third kappa shape index (κ3) is 5.52. The van der Waals surface area contributed by atoms with E-state index < -0.39 is 6.04 Å². The summed E-state index contributed by atoms with van der Waals surface area (Å²) in [6.45, 7) is 2.66. The van der Waals surface area contributed by atoms with Gasteiger partial charge in [0.2, 0.25) is 11.8 Å². The van der Waals surface area contributed by atoms with Crippen LogP contribution in [-0.2, 0) is 27.3 Å². The lowest BCUT2D eigenvalue weighted by Crippen LogP contribution is -2.46. The van der Waals surface area contributed by atoms with E-state index >= 15 is 0 Å². The van der Waals surface area contributed by atoms with Crippen molar-refractivity contribution in [2.45, 2.75) is 25.9 Å². The Balaban J connectivity index is 1.75. The summed E-state index contributed by atoms with van der Waals surface area (Å²) in [7, 11) is 1.57. The molecule has 35 heavy (non-hydrogen) atoms. The first kappa shape index (κ1) is 24.0. The Morgan fingerprint density at radius 1 is 1.09 bits per heavy atom. The number of ether oxygens (including phenoxy) is 1. The number of aromatic nitrogens is 4. The summed E-state index contributed by atoms with van der Waals surface area (Å²) in [5, 5.41) is 11.2. The Labute approximate surface area is 203 Å². The predicted molar refractivity (Wildman–Crippen MR) is 133 cm³/mol. The largest absolute Gasteiger partial charge is 0.383 e. The molecule has 180 valence electrons. The Hall–Kier alpha value is -4.11. The summed E-state index contributed by atoms with van der Waals surface area (Å²) in [5.41, 5.74) is 3.77. The van der Waals surface area contributed by atoms with Gasteiger partial charge in [-0.1, -0.05) is 48.5 Å². The van der Waals surface area contributed by atoms with Crippen LogP contribution in [0.15, 0.2) is 73.1 Å². The molecule has 4 aromatic rings. The molecule has 0 saturated heterocycles. The maximum atomic E-state index is 13.8. The SMILES string of the molecule is CCc1ccc([C@H](C(=O)NCCOC)N(C(=O)Cn2nnc3ccccc32)c2cccnc2)cc1. The third-order valence-corrected chi connectivity index (χ3v) is 5.71. The van der Waals surface area contributed by atoms with E-state index in [1.54, 1.807) is 36.3 Å². The molecule has 9 heteroatoms. The summed E-state index contributed by atoms with van der Waals surface area (Å²) in [4.78, 5) is 33.0. The number of pyridine rings is 1. The minimum Gasteiger partial charge on any atom is -0.383 e. The normalized spacial score (nSPS) is 11.8. The van der Waals surface area contributed by atoms with Gasteiger partial charge in [0, 0.05) is 19.9 Å². The minimum absolute atomic E-state index is 0.0930. The van der Waals surface area contributed by atoms with E-state index in [0.717, 1.165) is 17.5 Å². The smallest absolute Gasteiger partial charge is 0.249 e. The average molecular weight is 473 g/mol. The van der Waals surface area contributed by atoms with E-state index in [9.17, 15) is 9.59 Å². The van der Waals surface area contributed by atoms with E-state index in [1.807, 2.05) is 48.5 Å². The van der Waals surface area contributed by atoms with Crippen molar-refractivity contribution in [3.05, 3.63) is 84.2 Å². The van der Waals surface area contributed by atoms with Gasteiger partial charge in [0.1, 0.15) is 18.1 Å². The number of methoxy groups -OCH3 is 1. The van der Waals surface area contributed by atoms with Crippen molar-refractivity contribution in [1.29, 1.82) is 0 Å². The second-order valence-corrected chi connectivity index (χ2v) is 7.99. The molecule has 0 fully saturated rings. The van der Waals surface area contributed by atoms with Gasteiger partial charge in [0.25, 0.3) is 0 Å². The molecule has 0 aliphatic carbocycles. The van der Waals surface area contributed by atoms with Crippen LogP contribution in [0, 0.1) is 0 Å². The molecular weight excluding hydrogens is 444 g/mol. The number of nitrogens with zero attached hydrogens (tertiary/aromatic N) is 5. The molecular formula is C26H28N6O3. The Kier molecular flexibility index (Phi) is 7.79. The van der Waals surface area contributed by atoms with Crippen LogP contribution in [-0.4, -0.2) is 52.1 Å². The summed E-state index contributed by atoms with van der Waals surface area (Å²) in [5.74, 6) is -0.632. The number of para-hydroxylation sites is 1. The van der Waals surface area contributed by atoms with Crippen molar-refractivity contribution in [3.8, 4) is 0 Å². The van der Waals surface area contributed by atoms with Gasteiger partial charge < -0.3 is 10.1 Å². The van der Waals surface area contributed by atoms with Crippen LogP contribution in [0.1, 0.15) is 24.1 Å². The van der Waals surface area contributed by atoms with E-state index in [1.165, 1.54) is 4.90 Å². The minimum atomic E-state index is -0.913. The number of amides is 2. The van der Waals surface area contributed by atoms with Crippen LogP contribution in [0.5, 0.6) is 0 Å². The van der Waals surface area contributed by atoms with Gasteiger partial charge in [0.15, 0.2) is 0 Å². The summed E-state index contributed by atoms with van der Waals surface area (Å²) < 4.78 is 6.63. The number of nitrogens with one attached hydrogen (secondary N) is 1. The summed E-state index contributed by atoms with van der Waals surface area (Å²) in [6.07, 6.45) is 4.07. The molecule has 0 aliphatic heterocycles. The molecule has 2 heterocycles. The monoisotopic (exact) mass is 472 g/mol. The molecule has 0 bridgehead atoms.